The van der Waals surface area contributed by atoms with Gasteiger partial charge >= 0.3 is 0 Å². The molecule has 3 aromatic rings. The van der Waals surface area contributed by atoms with E-state index in [0.717, 1.165) is 55.2 Å². The van der Waals surface area contributed by atoms with Crippen molar-refractivity contribution in [2.75, 3.05) is 6.54 Å². The van der Waals surface area contributed by atoms with Gasteiger partial charge < -0.3 is 14.4 Å². The van der Waals surface area contributed by atoms with Gasteiger partial charge in [-0.1, -0.05) is 84.6 Å². The number of carbonyl (C=O) groups excluding carboxylic acids is 2. The standard InChI is InChI=1S/C34H42BrN3O2/c1-3-25(2)37(34(40)32-21-31(32)27-11-6-4-7-12-27)24-33(39)38(29-13-8-5-9-14-29)23-30-15-10-20-36(30)22-26-16-18-28(35)19-17-26/h4,6-7,10-12,15-20,25,29,31-32H,3,5,8-9,13-14,21-24H2,1-2H3/t25-,31-,32+/m0/s1. The molecular formula is C34H42BrN3O2. The van der Waals surface area contributed by atoms with E-state index in [9.17, 15) is 9.59 Å². The lowest BCUT2D eigenvalue weighted by Crippen LogP contribution is -2.50. The SMILES string of the molecule is CC[C@H](C)N(CC(=O)N(Cc1cccn1Cc1ccc(Br)cc1)C1CCCCC1)C(=O)[C@@H]1C[C@H]1c1ccccc1. The quantitative estimate of drug-likeness (QED) is 0.229. The van der Waals surface area contributed by atoms with Crippen molar-refractivity contribution in [1.29, 1.82) is 0 Å². The van der Waals surface area contributed by atoms with Gasteiger partial charge in [0.25, 0.3) is 0 Å². The van der Waals surface area contributed by atoms with Crippen LogP contribution in [0.2, 0.25) is 0 Å². The maximum atomic E-state index is 14.1. The molecule has 2 aliphatic carbocycles. The molecule has 40 heavy (non-hydrogen) atoms. The number of hydrogen-bond acceptors (Lipinski definition) is 2. The topological polar surface area (TPSA) is 45.6 Å². The van der Waals surface area contributed by atoms with E-state index in [4.69, 9.17) is 0 Å². The first-order chi connectivity index (χ1) is 19.4. The first-order valence-corrected chi connectivity index (χ1v) is 15.8. The van der Waals surface area contributed by atoms with Gasteiger partial charge in [0.15, 0.2) is 0 Å². The van der Waals surface area contributed by atoms with Crippen LogP contribution < -0.4 is 0 Å². The number of amides is 2. The minimum absolute atomic E-state index is 0.0181. The van der Waals surface area contributed by atoms with Crippen molar-refractivity contribution in [3.05, 3.63) is 94.2 Å². The molecule has 0 radical (unpaired) electrons. The van der Waals surface area contributed by atoms with Crippen molar-refractivity contribution < 1.29 is 9.59 Å². The molecule has 2 aliphatic rings. The van der Waals surface area contributed by atoms with Crippen molar-refractivity contribution in [3.8, 4) is 0 Å². The van der Waals surface area contributed by atoms with Crippen LogP contribution in [0.1, 0.15) is 81.5 Å². The fourth-order valence-electron chi connectivity index (χ4n) is 6.18. The lowest BCUT2D eigenvalue weighted by molar-refractivity contribution is -0.145. The van der Waals surface area contributed by atoms with Gasteiger partial charge in [-0.25, -0.2) is 0 Å². The highest BCUT2D eigenvalue weighted by atomic mass is 79.9. The summed E-state index contributed by atoms with van der Waals surface area (Å²) < 4.78 is 3.32. The number of hydrogen-bond donors (Lipinski definition) is 0. The van der Waals surface area contributed by atoms with E-state index in [-0.39, 0.29) is 42.3 Å². The normalized spacial score (nSPS) is 19.7. The predicted octanol–water partition coefficient (Wildman–Crippen LogP) is 7.39. The Morgan fingerprint density at radius 2 is 1.70 bits per heavy atom. The van der Waals surface area contributed by atoms with E-state index in [1.807, 2.05) is 23.1 Å². The van der Waals surface area contributed by atoms with E-state index in [1.165, 1.54) is 17.5 Å². The highest BCUT2D eigenvalue weighted by molar-refractivity contribution is 9.10. The summed E-state index contributed by atoms with van der Waals surface area (Å²) in [5.74, 6) is 0.467. The Hall–Kier alpha value is -2.86. The summed E-state index contributed by atoms with van der Waals surface area (Å²) in [6, 6.07) is 23.2. The summed E-state index contributed by atoms with van der Waals surface area (Å²) in [7, 11) is 0. The van der Waals surface area contributed by atoms with Crippen molar-refractivity contribution in [1.82, 2.24) is 14.4 Å². The molecule has 0 aliphatic heterocycles. The van der Waals surface area contributed by atoms with Gasteiger partial charge in [-0.3, -0.25) is 9.59 Å². The molecule has 0 spiro atoms. The molecule has 2 fully saturated rings. The average Bonchev–Trinajstić information content (AvgIpc) is 3.68. The van der Waals surface area contributed by atoms with Crippen LogP contribution in [0.4, 0.5) is 0 Å². The van der Waals surface area contributed by atoms with E-state index >= 15 is 0 Å². The molecule has 1 aromatic heterocycles. The van der Waals surface area contributed by atoms with Gasteiger partial charge in [-0.2, -0.15) is 0 Å². The minimum atomic E-state index is -0.0181. The van der Waals surface area contributed by atoms with Gasteiger partial charge in [0.2, 0.25) is 11.8 Å². The van der Waals surface area contributed by atoms with Crippen LogP contribution >= 0.6 is 15.9 Å². The molecule has 3 atom stereocenters. The maximum absolute atomic E-state index is 14.1. The Bertz CT molecular complexity index is 1270. The summed E-state index contributed by atoms with van der Waals surface area (Å²) in [6.45, 7) is 5.69. The molecule has 2 aromatic carbocycles. The summed E-state index contributed by atoms with van der Waals surface area (Å²) in [4.78, 5) is 31.9. The summed E-state index contributed by atoms with van der Waals surface area (Å²) >= 11 is 3.52. The second-order valence-corrected chi connectivity index (χ2v) is 12.6. The molecule has 0 bridgehead atoms. The summed E-state index contributed by atoms with van der Waals surface area (Å²) in [6.07, 6.45) is 9.43. The van der Waals surface area contributed by atoms with Crippen LogP contribution in [0.3, 0.4) is 0 Å². The molecule has 2 saturated carbocycles. The van der Waals surface area contributed by atoms with Crippen molar-refractivity contribution in [2.45, 2.75) is 89.9 Å². The number of nitrogens with zero attached hydrogens (tertiary/aromatic N) is 3. The molecular weight excluding hydrogens is 562 g/mol. The molecule has 0 N–H and O–H groups in total. The van der Waals surface area contributed by atoms with Gasteiger partial charge in [-0.15, -0.1) is 0 Å². The summed E-state index contributed by atoms with van der Waals surface area (Å²) in [5, 5.41) is 0. The third kappa shape index (κ3) is 6.88. The highest BCUT2D eigenvalue weighted by Gasteiger charge is 2.46. The smallest absolute Gasteiger partial charge is 0.242 e. The Balaban J connectivity index is 1.32. The molecule has 2 amide bonds. The van der Waals surface area contributed by atoms with Crippen molar-refractivity contribution in [2.24, 2.45) is 5.92 Å². The monoisotopic (exact) mass is 603 g/mol. The van der Waals surface area contributed by atoms with E-state index in [0.29, 0.717) is 6.54 Å². The molecule has 212 valence electrons. The van der Waals surface area contributed by atoms with Gasteiger partial charge in [-0.05, 0) is 73.9 Å². The molecule has 0 saturated heterocycles. The molecule has 0 unspecified atom stereocenters. The predicted molar refractivity (Wildman–Crippen MR) is 164 cm³/mol. The first-order valence-electron chi connectivity index (χ1n) is 15.0. The minimum Gasteiger partial charge on any atom is -0.345 e. The zero-order valence-electron chi connectivity index (χ0n) is 23.8. The molecule has 1 heterocycles. The van der Waals surface area contributed by atoms with E-state index in [1.54, 1.807) is 0 Å². The van der Waals surface area contributed by atoms with Crippen LogP contribution in [-0.2, 0) is 22.7 Å². The number of carbonyl (C=O) groups is 2. The Labute approximate surface area is 247 Å². The highest BCUT2D eigenvalue weighted by Crippen LogP contribution is 2.48. The van der Waals surface area contributed by atoms with Gasteiger partial charge in [0.1, 0.15) is 6.54 Å². The number of halogens is 1. The Morgan fingerprint density at radius 1 is 0.975 bits per heavy atom. The van der Waals surface area contributed by atoms with E-state index < -0.39 is 0 Å². The average molecular weight is 605 g/mol. The first kappa shape index (κ1) is 28.7. The van der Waals surface area contributed by atoms with Crippen molar-refractivity contribution >= 4 is 27.7 Å². The fraction of sp³-hybridized carbons (Fsp3) is 0.471. The number of benzene rings is 2. The number of aromatic nitrogens is 1. The second kappa shape index (κ2) is 13.2. The van der Waals surface area contributed by atoms with Gasteiger partial charge in [0, 0.05) is 40.9 Å². The number of rotatable bonds is 11. The zero-order valence-corrected chi connectivity index (χ0v) is 25.4. The van der Waals surface area contributed by atoms with Crippen molar-refractivity contribution in [3.63, 3.8) is 0 Å². The lowest BCUT2D eigenvalue weighted by atomic mass is 9.94. The van der Waals surface area contributed by atoms with Crippen LogP contribution in [0.25, 0.3) is 0 Å². The van der Waals surface area contributed by atoms with Crippen LogP contribution in [0.5, 0.6) is 0 Å². The molecule has 5 rings (SSSR count). The molecule has 6 heteroatoms. The maximum Gasteiger partial charge on any atom is 0.242 e. The van der Waals surface area contributed by atoms with Crippen LogP contribution in [0, 0.1) is 5.92 Å². The van der Waals surface area contributed by atoms with E-state index in [2.05, 4.69) is 94.0 Å². The van der Waals surface area contributed by atoms with Gasteiger partial charge in [0.05, 0.1) is 6.54 Å². The Morgan fingerprint density at radius 3 is 2.40 bits per heavy atom. The second-order valence-electron chi connectivity index (χ2n) is 11.7. The third-order valence-electron chi connectivity index (χ3n) is 8.90. The van der Waals surface area contributed by atoms with Crippen LogP contribution in [0.15, 0.2) is 77.4 Å². The zero-order chi connectivity index (χ0) is 28.1. The summed E-state index contributed by atoms with van der Waals surface area (Å²) in [5.41, 5.74) is 3.59. The molecule has 5 nitrogen and oxygen atoms in total. The third-order valence-corrected chi connectivity index (χ3v) is 9.43. The van der Waals surface area contributed by atoms with Crippen LogP contribution in [-0.4, -0.2) is 44.8 Å². The lowest BCUT2D eigenvalue weighted by Gasteiger charge is -2.37. The fourth-order valence-corrected chi connectivity index (χ4v) is 6.44. The largest absolute Gasteiger partial charge is 0.345 e. The Kier molecular flexibility index (Phi) is 9.46.